The monoisotopic (exact) mass is 237 g/mol. The summed E-state index contributed by atoms with van der Waals surface area (Å²) in [5, 5.41) is 3.33. The van der Waals surface area contributed by atoms with Gasteiger partial charge in [0.25, 0.3) is 0 Å². The summed E-state index contributed by atoms with van der Waals surface area (Å²) >= 11 is 0. The fourth-order valence-electron chi connectivity index (χ4n) is 1.50. The van der Waals surface area contributed by atoms with E-state index < -0.39 is 0 Å². The molecule has 0 spiro atoms. The van der Waals surface area contributed by atoms with E-state index in [-0.39, 0.29) is 0 Å². The maximum Gasteiger partial charge on any atom is 0.143 e. The van der Waals surface area contributed by atoms with Crippen LogP contribution in [0.2, 0.25) is 0 Å². The Bertz CT molecular complexity index is 353. The Labute approximate surface area is 104 Å². The van der Waals surface area contributed by atoms with Crippen molar-refractivity contribution in [3.05, 3.63) is 18.2 Å². The molecule has 0 radical (unpaired) electrons. The highest BCUT2D eigenvalue weighted by Gasteiger charge is 2.05. The molecule has 1 aromatic rings. The second-order valence-electron chi connectivity index (χ2n) is 4.42. The predicted octanol–water partition coefficient (Wildman–Crippen LogP) is 2.03. The van der Waals surface area contributed by atoms with Crippen LogP contribution < -0.4 is 15.8 Å². The molecule has 96 valence electrons. The van der Waals surface area contributed by atoms with Crippen LogP contribution in [0.1, 0.15) is 13.8 Å². The number of ether oxygens (including phenoxy) is 1. The van der Waals surface area contributed by atoms with E-state index in [4.69, 9.17) is 10.5 Å². The quantitative estimate of drug-likeness (QED) is 0.743. The number of hydrogen-bond acceptors (Lipinski definition) is 4. The highest BCUT2D eigenvalue weighted by molar-refractivity contribution is 5.72. The lowest BCUT2D eigenvalue weighted by molar-refractivity contribution is 0.284. The molecular formula is C13H23N3O. The number of nitrogens with one attached hydrogen (secondary N) is 1. The predicted molar refractivity (Wildman–Crippen MR) is 73.7 cm³/mol. The van der Waals surface area contributed by atoms with Crippen molar-refractivity contribution in [3.63, 3.8) is 0 Å². The summed E-state index contributed by atoms with van der Waals surface area (Å²) in [6, 6.07) is 6.32. The van der Waals surface area contributed by atoms with Gasteiger partial charge >= 0.3 is 0 Å². The molecule has 0 saturated heterocycles. The number of nitrogens with two attached hydrogens (primary N) is 1. The van der Waals surface area contributed by atoms with Crippen LogP contribution >= 0.6 is 0 Å². The minimum Gasteiger partial charge on any atom is -0.495 e. The zero-order valence-electron chi connectivity index (χ0n) is 11.2. The summed E-state index contributed by atoms with van der Waals surface area (Å²) in [5.41, 5.74) is 7.57. The van der Waals surface area contributed by atoms with Gasteiger partial charge in [0, 0.05) is 19.1 Å². The van der Waals surface area contributed by atoms with Crippen LogP contribution in [0.5, 0.6) is 5.75 Å². The molecule has 17 heavy (non-hydrogen) atoms. The van der Waals surface area contributed by atoms with Crippen LogP contribution in [0.15, 0.2) is 18.2 Å². The summed E-state index contributed by atoms with van der Waals surface area (Å²) in [7, 11) is 3.74. The lowest BCUT2D eigenvalue weighted by Crippen LogP contribution is -2.31. The number of nitrogens with zero attached hydrogens (tertiary/aromatic N) is 1. The molecule has 1 rings (SSSR count). The highest BCUT2D eigenvalue weighted by atomic mass is 16.5. The number of anilines is 2. The lowest BCUT2D eigenvalue weighted by Gasteiger charge is -2.21. The van der Waals surface area contributed by atoms with E-state index in [1.54, 1.807) is 7.11 Å². The second kappa shape index (κ2) is 6.35. The van der Waals surface area contributed by atoms with Crippen molar-refractivity contribution in [1.29, 1.82) is 0 Å². The third kappa shape index (κ3) is 3.82. The maximum atomic E-state index is 5.97. The van der Waals surface area contributed by atoms with Crippen molar-refractivity contribution < 1.29 is 4.74 Å². The van der Waals surface area contributed by atoms with Crippen molar-refractivity contribution in [1.82, 2.24) is 4.90 Å². The Morgan fingerprint density at radius 2 is 2.12 bits per heavy atom. The average molecular weight is 237 g/mol. The van der Waals surface area contributed by atoms with Crippen molar-refractivity contribution in [3.8, 4) is 5.75 Å². The van der Waals surface area contributed by atoms with E-state index in [0.717, 1.165) is 18.8 Å². The van der Waals surface area contributed by atoms with Crippen molar-refractivity contribution in [2.24, 2.45) is 0 Å². The highest BCUT2D eigenvalue weighted by Crippen LogP contribution is 2.28. The number of nitrogen functional groups attached to an aromatic ring is 1. The van der Waals surface area contributed by atoms with E-state index in [9.17, 15) is 0 Å². The first-order chi connectivity index (χ1) is 8.06. The molecule has 0 aromatic heterocycles. The van der Waals surface area contributed by atoms with Gasteiger partial charge in [0.15, 0.2) is 0 Å². The zero-order valence-corrected chi connectivity index (χ0v) is 11.2. The first-order valence-electron chi connectivity index (χ1n) is 5.92. The molecule has 4 nitrogen and oxygen atoms in total. The maximum absolute atomic E-state index is 5.97. The van der Waals surface area contributed by atoms with Gasteiger partial charge in [-0.3, -0.25) is 0 Å². The number of methoxy groups -OCH3 is 1. The molecule has 0 aliphatic rings. The third-order valence-corrected chi connectivity index (χ3v) is 2.95. The van der Waals surface area contributed by atoms with Gasteiger partial charge in [0.2, 0.25) is 0 Å². The fraction of sp³-hybridized carbons (Fsp3) is 0.538. The standard InChI is InChI=1S/C13H23N3O/c1-10(2)16(3)9-8-15-11-6-5-7-12(17-4)13(11)14/h5-7,10,15H,8-9,14H2,1-4H3. The van der Waals surface area contributed by atoms with Crippen LogP contribution in [0.25, 0.3) is 0 Å². The van der Waals surface area contributed by atoms with Crippen LogP contribution in [-0.4, -0.2) is 38.2 Å². The molecule has 0 saturated carbocycles. The Hall–Kier alpha value is -1.42. The van der Waals surface area contributed by atoms with Crippen LogP contribution in [0, 0.1) is 0 Å². The first kappa shape index (κ1) is 13.6. The number of rotatable bonds is 6. The molecule has 4 heteroatoms. The molecule has 0 heterocycles. The molecule has 0 aliphatic carbocycles. The SMILES string of the molecule is COc1cccc(NCCN(C)C(C)C)c1N. The van der Waals surface area contributed by atoms with Gasteiger partial charge in [0.05, 0.1) is 18.5 Å². The van der Waals surface area contributed by atoms with Gasteiger partial charge in [0.1, 0.15) is 5.75 Å². The van der Waals surface area contributed by atoms with Gasteiger partial charge in [-0.05, 0) is 33.0 Å². The van der Waals surface area contributed by atoms with Gasteiger partial charge in [-0.2, -0.15) is 0 Å². The van der Waals surface area contributed by atoms with Gasteiger partial charge in [-0.15, -0.1) is 0 Å². The number of hydrogen-bond donors (Lipinski definition) is 2. The molecular weight excluding hydrogens is 214 g/mol. The normalized spacial score (nSPS) is 10.9. The summed E-state index contributed by atoms with van der Waals surface area (Å²) in [4.78, 5) is 2.28. The Balaban J connectivity index is 2.52. The van der Waals surface area contributed by atoms with Crippen LogP contribution in [-0.2, 0) is 0 Å². The van der Waals surface area contributed by atoms with Gasteiger partial charge in [-0.1, -0.05) is 6.07 Å². The van der Waals surface area contributed by atoms with E-state index >= 15 is 0 Å². The minimum absolute atomic E-state index is 0.555. The number of likely N-dealkylation sites (N-methyl/N-ethyl adjacent to an activating group) is 1. The molecule has 3 N–H and O–H groups in total. The van der Waals surface area contributed by atoms with Crippen LogP contribution in [0.3, 0.4) is 0 Å². The molecule has 1 aromatic carbocycles. The Kier molecular flexibility index (Phi) is 5.10. The van der Waals surface area contributed by atoms with Crippen LogP contribution in [0.4, 0.5) is 11.4 Å². The van der Waals surface area contributed by atoms with Gasteiger partial charge in [-0.25, -0.2) is 0 Å². The molecule has 0 fully saturated rings. The fourth-order valence-corrected chi connectivity index (χ4v) is 1.50. The number of benzene rings is 1. The molecule has 0 unspecified atom stereocenters. The smallest absolute Gasteiger partial charge is 0.143 e. The van der Waals surface area contributed by atoms with E-state index in [2.05, 4.69) is 31.1 Å². The Morgan fingerprint density at radius 3 is 2.71 bits per heavy atom. The summed E-state index contributed by atoms with van der Waals surface area (Å²) in [6.07, 6.45) is 0. The third-order valence-electron chi connectivity index (χ3n) is 2.95. The second-order valence-corrected chi connectivity index (χ2v) is 4.42. The molecule has 0 bridgehead atoms. The first-order valence-corrected chi connectivity index (χ1v) is 5.92. The molecule has 0 atom stereocenters. The largest absolute Gasteiger partial charge is 0.495 e. The number of para-hydroxylation sites is 1. The van der Waals surface area contributed by atoms with Crippen molar-refractivity contribution >= 4 is 11.4 Å². The van der Waals surface area contributed by atoms with Crippen molar-refractivity contribution in [2.75, 3.05) is 38.3 Å². The topological polar surface area (TPSA) is 50.5 Å². The summed E-state index contributed by atoms with van der Waals surface area (Å²) in [5.74, 6) is 0.715. The Morgan fingerprint density at radius 1 is 1.41 bits per heavy atom. The molecule has 0 amide bonds. The van der Waals surface area contributed by atoms with Gasteiger partial charge < -0.3 is 20.7 Å². The average Bonchev–Trinajstić information content (AvgIpc) is 2.31. The van der Waals surface area contributed by atoms with E-state index in [1.807, 2.05) is 18.2 Å². The minimum atomic E-state index is 0.555. The zero-order chi connectivity index (χ0) is 12.8. The van der Waals surface area contributed by atoms with E-state index in [0.29, 0.717) is 17.5 Å². The lowest BCUT2D eigenvalue weighted by atomic mass is 10.2. The van der Waals surface area contributed by atoms with E-state index in [1.165, 1.54) is 0 Å². The summed E-state index contributed by atoms with van der Waals surface area (Å²) in [6.45, 7) is 6.21. The summed E-state index contributed by atoms with van der Waals surface area (Å²) < 4.78 is 5.18. The van der Waals surface area contributed by atoms with Crippen molar-refractivity contribution in [2.45, 2.75) is 19.9 Å². The molecule has 0 aliphatic heterocycles.